The summed E-state index contributed by atoms with van der Waals surface area (Å²) in [6.45, 7) is 12.5. The minimum absolute atomic E-state index is 0.0581. The molecule has 2 aliphatic heterocycles. The van der Waals surface area contributed by atoms with Gasteiger partial charge in [0.2, 0.25) is 5.91 Å². The van der Waals surface area contributed by atoms with Crippen molar-refractivity contribution in [2.24, 2.45) is 5.41 Å². The Kier molecular flexibility index (Phi) is 8.16. The molecule has 1 saturated carbocycles. The van der Waals surface area contributed by atoms with E-state index in [9.17, 15) is 18.4 Å². The number of piperazine rings is 1. The van der Waals surface area contributed by atoms with Crippen molar-refractivity contribution < 1.29 is 23.1 Å². The zero-order valence-corrected chi connectivity index (χ0v) is 25.0. The van der Waals surface area contributed by atoms with Crippen LogP contribution in [0.15, 0.2) is 42.5 Å². The first-order valence-electron chi connectivity index (χ1n) is 14.9. The van der Waals surface area contributed by atoms with Crippen LogP contribution in [0.3, 0.4) is 0 Å². The van der Waals surface area contributed by atoms with E-state index in [0.717, 1.165) is 37.3 Å². The van der Waals surface area contributed by atoms with Crippen LogP contribution >= 0.6 is 0 Å². The quantitative estimate of drug-likeness (QED) is 0.406. The van der Waals surface area contributed by atoms with E-state index in [2.05, 4.69) is 30.9 Å². The van der Waals surface area contributed by atoms with Crippen LogP contribution in [0.4, 0.5) is 13.6 Å². The van der Waals surface area contributed by atoms with E-state index < -0.39 is 17.2 Å². The first-order valence-corrected chi connectivity index (χ1v) is 14.9. The molecule has 0 bridgehead atoms. The van der Waals surface area contributed by atoms with Crippen LogP contribution < -0.4 is 0 Å². The van der Waals surface area contributed by atoms with Crippen LogP contribution in [0.25, 0.3) is 0 Å². The van der Waals surface area contributed by atoms with Crippen molar-refractivity contribution in [2.75, 3.05) is 26.2 Å². The Hall–Kier alpha value is -3.00. The van der Waals surface area contributed by atoms with Gasteiger partial charge in [-0.15, -0.1) is 0 Å². The molecular weight excluding hydrogens is 524 g/mol. The molecule has 1 unspecified atom stereocenters. The summed E-state index contributed by atoms with van der Waals surface area (Å²) >= 11 is 0. The van der Waals surface area contributed by atoms with Crippen LogP contribution in [-0.2, 0) is 16.1 Å². The van der Waals surface area contributed by atoms with Gasteiger partial charge in [-0.2, -0.15) is 0 Å². The molecule has 222 valence electrons. The highest BCUT2D eigenvalue weighted by molar-refractivity contribution is 5.80. The van der Waals surface area contributed by atoms with Gasteiger partial charge in [-0.1, -0.05) is 38.1 Å². The van der Waals surface area contributed by atoms with E-state index in [1.165, 1.54) is 17.7 Å². The molecule has 8 heteroatoms. The Morgan fingerprint density at radius 1 is 1.05 bits per heavy atom. The summed E-state index contributed by atoms with van der Waals surface area (Å²) in [6, 6.07) is 11.9. The normalized spacial score (nSPS) is 21.9. The third-order valence-corrected chi connectivity index (χ3v) is 8.93. The van der Waals surface area contributed by atoms with Gasteiger partial charge in [0, 0.05) is 38.3 Å². The number of carbonyl (C=O) groups excluding carboxylic acids is 2. The van der Waals surface area contributed by atoms with Crippen LogP contribution in [0.2, 0.25) is 0 Å². The topological polar surface area (TPSA) is 53.1 Å². The fourth-order valence-electron chi connectivity index (χ4n) is 7.01. The monoisotopic (exact) mass is 567 g/mol. The third-order valence-electron chi connectivity index (χ3n) is 8.93. The van der Waals surface area contributed by atoms with Gasteiger partial charge in [-0.3, -0.25) is 9.69 Å². The average Bonchev–Trinajstić information content (AvgIpc) is 2.85. The first-order chi connectivity index (χ1) is 19.3. The molecule has 0 aromatic heterocycles. The second kappa shape index (κ2) is 11.3. The number of benzene rings is 2. The van der Waals surface area contributed by atoms with E-state index in [4.69, 9.17) is 4.74 Å². The molecule has 1 atom stereocenters. The number of hydrogen-bond donors (Lipinski definition) is 0. The molecule has 6 nitrogen and oxygen atoms in total. The Morgan fingerprint density at radius 3 is 2.29 bits per heavy atom. The number of ether oxygens (including phenoxy) is 1. The van der Waals surface area contributed by atoms with E-state index in [0.29, 0.717) is 37.7 Å². The largest absolute Gasteiger partial charge is 0.444 e. The molecular formula is C33H43F2N3O3. The smallest absolute Gasteiger partial charge is 0.410 e. The number of piperidine rings is 1. The maximum Gasteiger partial charge on any atom is 0.410 e. The van der Waals surface area contributed by atoms with Crippen LogP contribution in [0.1, 0.15) is 89.0 Å². The van der Waals surface area contributed by atoms with Crippen molar-refractivity contribution >= 4 is 12.0 Å². The summed E-state index contributed by atoms with van der Waals surface area (Å²) in [6.07, 6.45) is 3.43. The van der Waals surface area contributed by atoms with E-state index in [-0.39, 0.29) is 36.0 Å². The number of nitrogens with zero attached hydrogens (tertiary/aromatic N) is 3. The molecule has 1 spiro atoms. The number of hydrogen-bond acceptors (Lipinski definition) is 4. The lowest BCUT2D eigenvalue weighted by Gasteiger charge is -2.58. The molecule has 0 radical (unpaired) electrons. The second-order valence-electron chi connectivity index (χ2n) is 13.6. The molecule has 3 aliphatic rings. The SMILES string of the molecule is CC(C)c1ccccc1C1CN(Cc2cc(F)cc(F)c2)CC(=O)N1C1CC2(CCN(C(=O)OC(C)(C)C)CC2)C1. The molecule has 2 aromatic rings. The maximum absolute atomic E-state index is 13.9. The minimum Gasteiger partial charge on any atom is -0.444 e. The standard InChI is InChI=1S/C33H43F2N3O3/c1-22(2)27-8-6-7-9-28(27)29-20-36(19-23-14-24(34)16-25(35)15-23)21-30(39)38(29)26-17-33(18-26)10-12-37(13-11-33)31(40)41-32(3,4)5/h6-9,14-16,22,26,29H,10-13,17-21H2,1-5H3. The molecule has 0 N–H and O–H groups in total. The molecule has 1 aliphatic carbocycles. The first kappa shape index (κ1) is 29.5. The molecule has 2 amide bonds. The number of amides is 2. The lowest BCUT2D eigenvalue weighted by Crippen LogP contribution is -2.62. The van der Waals surface area contributed by atoms with E-state index in [1.807, 2.05) is 42.7 Å². The van der Waals surface area contributed by atoms with E-state index >= 15 is 0 Å². The fraction of sp³-hybridized carbons (Fsp3) is 0.576. The number of likely N-dealkylation sites (tertiary alicyclic amines) is 1. The van der Waals surface area contributed by atoms with Gasteiger partial charge in [0.05, 0.1) is 12.6 Å². The summed E-state index contributed by atoms with van der Waals surface area (Å²) < 4.78 is 33.4. The second-order valence-corrected chi connectivity index (χ2v) is 13.6. The molecule has 5 rings (SSSR count). The highest BCUT2D eigenvalue weighted by Gasteiger charge is 2.52. The third kappa shape index (κ3) is 6.58. The predicted octanol–water partition coefficient (Wildman–Crippen LogP) is 6.65. The summed E-state index contributed by atoms with van der Waals surface area (Å²) in [5, 5.41) is 0. The summed E-state index contributed by atoms with van der Waals surface area (Å²) in [4.78, 5) is 32.3. The van der Waals surface area contributed by atoms with Crippen molar-refractivity contribution in [3.05, 3.63) is 70.8 Å². The van der Waals surface area contributed by atoms with Crippen molar-refractivity contribution in [2.45, 2.75) is 90.4 Å². The Morgan fingerprint density at radius 2 is 1.68 bits per heavy atom. The van der Waals surface area contributed by atoms with Crippen molar-refractivity contribution in [1.29, 1.82) is 0 Å². The van der Waals surface area contributed by atoms with Crippen molar-refractivity contribution in [3.63, 3.8) is 0 Å². The average molecular weight is 568 g/mol. The Balaban J connectivity index is 1.32. The van der Waals surface area contributed by atoms with Gasteiger partial charge in [0.1, 0.15) is 17.2 Å². The molecule has 3 fully saturated rings. The van der Waals surface area contributed by atoms with Gasteiger partial charge < -0.3 is 14.5 Å². The number of carbonyl (C=O) groups is 2. The Bertz CT molecular complexity index is 1250. The summed E-state index contributed by atoms with van der Waals surface area (Å²) in [7, 11) is 0. The zero-order valence-electron chi connectivity index (χ0n) is 25.0. The van der Waals surface area contributed by atoms with Gasteiger partial charge >= 0.3 is 6.09 Å². The number of halogens is 2. The zero-order chi connectivity index (χ0) is 29.5. The van der Waals surface area contributed by atoms with Crippen LogP contribution in [-0.4, -0.2) is 64.5 Å². The van der Waals surface area contributed by atoms with Crippen molar-refractivity contribution in [1.82, 2.24) is 14.7 Å². The van der Waals surface area contributed by atoms with Crippen LogP contribution in [0.5, 0.6) is 0 Å². The molecule has 41 heavy (non-hydrogen) atoms. The molecule has 2 saturated heterocycles. The molecule has 2 aromatic carbocycles. The van der Waals surface area contributed by atoms with Crippen molar-refractivity contribution in [3.8, 4) is 0 Å². The van der Waals surface area contributed by atoms with E-state index in [1.54, 1.807) is 0 Å². The maximum atomic E-state index is 13.9. The highest BCUT2D eigenvalue weighted by Crippen LogP contribution is 2.53. The van der Waals surface area contributed by atoms with Gasteiger partial charge in [-0.05, 0) is 86.6 Å². The van der Waals surface area contributed by atoms with Gasteiger partial charge in [0.15, 0.2) is 0 Å². The lowest BCUT2D eigenvalue weighted by atomic mass is 9.59. The minimum atomic E-state index is -0.607. The van der Waals surface area contributed by atoms with Gasteiger partial charge in [-0.25, -0.2) is 13.6 Å². The molecule has 2 heterocycles. The fourth-order valence-corrected chi connectivity index (χ4v) is 7.01. The highest BCUT2D eigenvalue weighted by atomic mass is 19.1. The summed E-state index contributed by atoms with van der Waals surface area (Å²) in [5.74, 6) is -0.864. The Labute approximate surface area is 242 Å². The summed E-state index contributed by atoms with van der Waals surface area (Å²) in [5.41, 5.74) is 2.52. The van der Waals surface area contributed by atoms with Gasteiger partial charge in [0.25, 0.3) is 0 Å². The number of rotatable bonds is 5. The lowest BCUT2D eigenvalue weighted by molar-refractivity contribution is -0.153. The predicted molar refractivity (Wildman–Crippen MR) is 154 cm³/mol. The van der Waals surface area contributed by atoms with Crippen LogP contribution in [0, 0.1) is 17.0 Å².